The van der Waals surface area contributed by atoms with Gasteiger partial charge in [-0.15, -0.1) is 0 Å². The van der Waals surface area contributed by atoms with Crippen molar-refractivity contribution in [3.8, 4) is 5.88 Å². The zero-order valence-corrected chi connectivity index (χ0v) is 14.4. The molecule has 2 rings (SSSR count). The first-order valence-corrected chi connectivity index (χ1v) is 7.91. The molecule has 0 saturated carbocycles. The zero-order valence-electron chi connectivity index (χ0n) is 14.4. The number of aliphatic imine (C=N–C) groups is 1. The van der Waals surface area contributed by atoms with Crippen LogP contribution < -0.4 is 20.7 Å². The van der Waals surface area contributed by atoms with Gasteiger partial charge in [0, 0.05) is 31.4 Å². The number of ether oxygens (including phenoxy) is 1. The third-order valence-corrected chi connectivity index (χ3v) is 3.37. The molecule has 26 heavy (non-hydrogen) atoms. The normalized spacial score (nSPS) is 19.5. The molecule has 142 valence electrons. The standard InChI is InChI=1S/C16H20F3N5O2/c1-3-13(25)23-12-8-20-9-15(2,24-12)22-7-11-4-5-21-14(6-11)26-10-16(17,18)19/h4-6,8-9,22,24H,3,7,10H2,1-2H3,(H,23,25). The summed E-state index contributed by atoms with van der Waals surface area (Å²) in [5.74, 6) is 0.204. The molecule has 7 nitrogen and oxygen atoms in total. The molecule has 1 amide bonds. The molecule has 0 radical (unpaired) electrons. The van der Waals surface area contributed by atoms with E-state index in [4.69, 9.17) is 0 Å². The molecule has 1 unspecified atom stereocenters. The second kappa shape index (κ2) is 8.17. The van der Waals surface area contributed by atoms with E-state index in [9.17, 15) is 18.0 Å². The Bertz CT molecular complexity index is 705. The van der Waals surface area contributed by atoms with Crippen LogP contribution in [0.3, 0.4) is 0 Å². The molecular formula is C16H20F3N5O2. The average Bonchev–Trinajstić information content (AvgIpc) is 2.58. The average molecular weight is 371 g/mol. The topological polar surface area (TPSA) is 87.6 Å². The van der Waals surface area contributed by atoms with Crippen LogP contribution in [0.1, 0.15) is 25.8 Å². The Morgan fingerprint density at radius 2 is 2.19 bits per heavy atom. The summed E-state index contributed by atoms with van der Waals surface area (Å²) >= 11 is 0. The van der Waals surface area contributed by atoms with Crippen LogP contribution in [0.5, 0.6) is 5.88 Å². The number of alkyl halides is 3. The lowest BCUT2D eigenvalue weighted by atomic mass is 10.1. The fraction of sp³-hybridized carbons (Fsp3) is 0.438. The van der Waals surface area contributed by atoms with E-state index in [-0.39, 0.29) is 11.8 Å². The van der Waals surface area contributed by atoms with Crippen molar-refractivity contribution in [2.75, 3.05) is 6.61 Å². The van der Waals surface area contributed by atoms with Crippen molar-refractivity contribution in [3.05, 3.63) is 35.9 Å². The van der Waals surface area contributed by atoms with E-state index in [1.165, 1.54) is 18.5 Å². The van der Waals surface area contributed by atoms with Crippen LogP contribution in [-0.2, 0) is 11.3 Å². The van der Waals surface area contributed by atoms with E-state index < -0.39 is 18.4 Å². The minimum atomic E-state index is -4.42. The van der Waals surface area contributed by atoms with Crippen LogP contribution >= 0.6 is 0 Å². The second-order valence-corrected chi connectivity index (χ2v) is 5.81. The molecule has 1 aromatic rings. The molecule has 0 aromatic carbocycles. The van der Waals surface area contributed by atoms with Gasteiger partial charge in [-0.2, -0.15) is 13.2 Å². The molecule has 1 aliphatic heterocycles. The first-order valence-electron chi connectivity index (χ1n) is 7.91. The maximum atomic E-state index is 12.2. The minimum absolute atomic E-state index is 0.104. The van der Waals surface area contributed by atoms with Crippen molar-refractivity contribution < 1.29 is 22.7 Å². The van der Waals surface area contributed by atoms with Crippen molar-refractivity contribution in [1.82, 2.24) is 20.9 Å². The maximum Gasteiger partial charge on any atom is 0.422 e. The van der Waals surface area contributed by atoms with Gasteiger partial charge >= 0.3 is 6.18 Å². The Hall–Kier alpha value is -2.62. The van der Waals surface area contributed by atoms with E-state index in [1.54, 1.807) is 19.2 Å². The number of hydrogen-bond acceptors (Lipinski definition) is 6. The van der Waals surface area contributed by atoms with E-state index in [1.807, 2.05) is 6.92 Å². The van der Waals surface area contributed by atoms with Crippen molar-refractivity contribution in [2.45, 2.75) is 38.7 Å². The predicted octanol–water partition coefficient (Wildman–Crippen LogP) is 1.83. The van der Waals surface area contributed by atoms with E-state index >= 15 is 0 Å². The number of nitrogens with zero attached hydrogens (tertiary/aromatic N) is 2. The smallest absolute Gasteiger partial charge is 0.422 e. The first kappa shape index (κ1) is 19.7. The van der Waals surface area contributed by atoms with Crippen LogP contribution in [0.15, 0.2) is 35.3 Å². The summed E-state index contributed by atoms with van der Waals surface area (Å²) in [5.41, 5.74) is -0.0660. The van der Waals surface area contributed by atoms with Crippen LogP contribution in [0.4, 0.5) is 13.2 Å². The number of carbonyl (C=O) groups excluding carboxylic acids is 1. The summed E-state index contributed by atoms with van der Waals surface area (Å²) in [6.07, 6.45) is 0.408. The van der Waals surface area contributed by atoms with E-state index in [2.05, 4.69) is 30.7 Å². The zero-order chi connectivity index (χ0) is 19.2. The highest BCUT2D eigenvalue weighted by Gasteiger charge is 2.29. The van der Waals surface area contributed by atoms with Gasteiger partial charge in [-0.25, -0.2) is 4.98 Å². The molecule has 0 bridgehead atoms. The van der Waals surface area contributed by atoms with Crippen molar-refractivity contribution in [3.63, 3.8) is 0 Å². The summed E-state index contributed by atoms with van der Waals surface area (Å²) in [6.45, 7) is 2.47. The Morgan fingerprint density at radius 1 is 1.42 bits per heavy atom. The van der Waals surface area contributed by atoms with Gasteiger partial charge in [-0.3, -0.25) is 15.1 Å². The molecular weight excluding hydrogens is 351 g/mol. The first-order chi connectivity index (χ1) is 12.2. The molecule has 1 aliphatic rings. The maximum absolute atomic E-state index is 12.2. The highest BCUT2D eigenvalue weighted by Crippen LogP contribution is 2.18. The Kier molecular flexibility index (Phi) is 6.19. The molecule has 1 aromatic heterocycles. The van der Waals surface area contributed by atoms with Crippen LogP contribution in [-0.4, -0.2) is 35.6 Å². The summed E-state index contributed by atoms with van der Waals surface area (Å²) in [4.78, 5) is 19.3. The number of hydrogen-bond donors (Lipinski definition) is 3. The number of nitrogens with one attached hydrogen (secondary N) is 3. The number of pyridine rings is 1. The van der Waals surface area contributed by atoms with Crippen LogP contribution in [0.2, 0.25) is 0 Å². The quantitative estimate of drug-likeness (QED) is 0.681. The minimum Gasteiger partial charge on any atom is -0.468 e. The lowest BCUT2D eigenvalue weighted by Crippen LogP contribution is -2.58. The highest BCUT2D eigenvalue weighted by atomic mass is 19.4. The van der Waals surface area contributed by atoms with Crippen molar-refractivity contribution in [1.29, 1.82) is 0 Å². The lowest BCUT2D eigenvalue weighted by Gasteiger charge is -2.32. The Morgan fingerprint density at radius 3 is 2.88 bits per heavy atom. The molecule has 0 aliphatic carbocycles. The summed E-state index contributed by atoms with van der Waals surface area (Å²) in [7, 11) is 0. The number of rotatable bonds is 7. The molecule has 0 fully saturated rings. The predicted molar refractivity (Wildman–Crippen MR) is 89.2 cm³/mol. The molecule has 10 heteroatoms. The van der Waals surface area contributed by atoms with E-state index in [0.717, 1.165) is 0 Å². The number of carbonyl (C=O) groups is 1. The van der Waals surface area contributed by atoms with Crippen LogP contribution in [0.25, 0.3) is 0 Å². The number of halogens is 3. The van der Waals surface area contributed by atoms with Gasteiger partial charge in [0.15, 0.2) is 6.61 Å². The van der Waals surface area contributed by atoms with Gasteiger partial charge < -0.3 is 15.4 Å². The Balaban J connectivity index is 1.93. The summed E-state index contributed by atoms with van der Waals surface area (Å²) in [6, 6.07) is 3.09. The van der Waals surface area contributed by atoms with Gasteiger partial charge in [-0.1, -0.05) is 6.92 Å². The second-order valence-electron chi connectivity index (χ2n) is 5.81. The molecule has 1 atom stereocenters. The molecule has 2 heterocycles. The van der Waals surface area contributed by atoms with E-state index in [0.29, 0.717) is 24.4 Å². The lowest BCUT2D eigenvalue weighted by molar-refractivity contribution is -0.154. The third-order valence-electron chi connectivity index (χ3n) is 3.37. The van der Waals surface area contributed by atoms with Crippen molar-refractivity contribution in [2.24, 2.45) is 4.99 Å². The largest absolute Gasteiger partial charge is 0.468 e. The van der Waals surface area contributed by atoms with Crippen molar-refractivity contribution >= 4 is 12.1 Å². The third kappa shape index (κ3) is 6.36. The highest BCUT2D eigenvalue weighted by molar-refractivity contribution is 5.78. The fourth-order valence-corrected chi connectivity index (χ4v) is 2.08. The van der Waals surface area contributed by atoms with Gasteiger partial charge in [0.2, 0.25) is 11.8 Å². The van der Waals surface area contributed by atoms with Gasteiger partial charge in [-0.05, 0) is 18.6 Å². The number of amides is 1. The van der Waals surface area contributed by atoms with Gasteiger partial charge in [0.25, 0.3) is 0 Å². The monoisotopic (exact) mass is 371 g/mol. The fourth-order valence-electron chi connectivity index (χ4n) is 2.08. The SMILES string of the molecule is CCC(=O)NC1=CN=CC(C)(NCc2ccnc(OCC(F)(F)F)c2)N1. The molecule has 3 N–H and O–H groups in total. The number of aromatic nitrogens is 1. The molecule has 0 spiro atoms. The van der Waals surface area contributed by atoms with Gasteiger partial charge in [0.1, 0.15) is 11.5 Å². The van der Waals surface area contributed by atoms with Gasteiger partial charge in [0.05, 0.1) is 6.20 Å². The Labute approximate surface area is 148 Å². The summed E-state index contributed by atoms with van der Waals surface area (Å²) < 4.78 is 41.3. The van der Waals surface area contributed by atoms with Crippen LogP contribution in [0, 0.1) is 0 Å². The molecule has 0 saturated heterocycles. The summed E-state index contributed by atoms with van der Waals surface area (Å²) in [5, 5.41) is 8.96.